The van der Waals surface area contributed by atoms with Gasteiger partial charge in [0.05, 0.1) is 35.1 Å². The standard InChI is InChI=1S/C21H23Cl2N3O3/c1-13-10-17(25-19-15(22)11-24-12-16(19)23)14-6-7-18(27-4)21(20(14)29-13)28-9-5-8-26(2)3/h6-7,10-12H,1,5,8-9H2,2-4H3,(H,24,25). The molecule has 0 radical (unpaired) electrons. The number of ether oxygens (including phenoxy) is 3. The number of nitrogens with one attached hydrogen (secondary N) is 1. The van der Waals surface area contributed by atoms with Crippen LogP contribution < -0.4 is 19.5 Å². The Hall–Kier alpha value is -2.41. The molecule has 154 valence electrons. The second-order valence-corrected chi connectivity index (χ2v) is 7.52. The SMILES string of the molecule is C=C1C=C(Nc2c(Cl)cncc2Cl)c2ccc(OC)c(OCCCN(C)C)c2O1. The third-order valence-corrected chi connectivity index (χ3v) is 4.81. The molecule has 29 heavy (non-hydrogen) atoms. The Morgan fingerprint density at radius 3 is 2.59 bits per heavy atom. The minimum absolute atomic E-state index is 0.408. The summed E-state index contributed by atoms with van der Waals surface area (Å²) in [5.74, 6) is 2.10. The van der Waals surface area contributed by atoms with E-state index in [9.17, 15) is 0 Å². The second-order valence-electron chi connectivity index (χ2n) is 6.71. The van der Waals surface area contributed by atoms with E-state index >= 15 is 0 Å². The molecule has 1 aliphatic rings. The van der Waals surface area contributed by atoms with Gasteiger partial charge in [0.1, 0.15) is 5.76 Å². The van der Waals surface area contributed by atoms with Crippen LogP contribution in [0.1, 0.15) is 12.0 Å². The first-order valence-electron chi connectivity index (χ1n) is 9.04. The van der Waals surface area contributed by atoms with Gasteiger partial charge in [0.15, 0.2) is 11.5 Å². The number of hydrogen-bond donors (Lipinski definition) is 1. The molecule has 0 bridgehead atoms. The highest BCUT2D eigenvalue weighted by Gasteiger charge is 2.25. The molecule has 2 heterocycles. The molecule has 1 aromatic heterocycles. The third-order valence-electron chi connectivity index (χ3n) is 4.23. The monoisotopic (exact) mass is 435 g/mol. The molecular weight excluding hydrogens is 413 g/mol. The van der Waals surface area contributed by atoms with Crippen molar-refractivity contribution in [3.63, 3.8) is 0 Å². The van der Waals surface area contributed by atoms with Gasteiger partial charge in [-0.05, 0) is 32.6 Å². The van der Waals surface area contributed by atoms with Gasteiger partial charge in [-0.1, -0.05) is 29.8 Å². The Bertz CT molecular complexity index is 925. The molecule has 1 aliphatic heterocycles. The summed E-state index contributed by atoms with van der Waals surface area (Å²) < 4.78 is 17.4. The highest BCUT2D eigenvalue weighted by atomic mass is 35.5. The van der Waals surface area contributed by atoms with Crippen molar-refractivity contribution in [2.45, 2.75) is 6.42 Å². The first kappa shape index (κ1) is 21.3. The average molecular weight is 436 g/mol. The maximum atomic E-state index is 6.26. The van der Waals surface area contributed by atoms with Crippen molar-refractivity contribution < 1.29 is 14.2 Å². The fourth-order valence-electron chi connectivity index (χ4n) is 2.88. The Morgan fingerprint density at radius 1 is 1.21 bits per heavy atom. The highest BCUT2D eigenvalue weighted by Crippen LogP contribution is 2.46. The van der Waals surface area contributed by atoms with Gasteiger partial charge >= 0.3 is 0 Å². The van der Waals surface area contributed by atoms with Gasteiger partial charge in [0.25, 0.3) is 0 Å². The Labute approximate surface area is 180 Å². The fourth-order valence-corrected chi connectivity index (χ4v) is 3.34. The molecule has 0 saturated heterocycles. The predicted octanol–water partition coefficient (Wildman–Crippen LogP) is 5.09. The van der Waals surface area contributed by atoms with Crippen molar-refractivity contribution in [2.24, 2.45) is 0 Å². The molecule has 6 nitrogen and oxygen atoms in total. The molecule has 8 heteroatoms. The number of allylic oxidation sites excluding steroid dienone is 1. The van der Waals surface area contributed by atoms with Crippen molar-refractivity contribution in [2.75, 3.05) is 39.7 Å². The Balaban J connectivity index is 1.94. The quantitative estimate of drug-likeness (QED) is 0.582. The lowest BCUT2D eigenvalue weighted by atomic mass is 10.1. The van der Waals surface area contributed by atoms with Gasteiger partial charge in [-0.15, -0.1) is 0 Å². The van der Waals surface area contributed by atoms with E-state index in [0.717, 1.165) is 24.2 Å². The lowest BCUT2D eigenvalue weighted by Gasteiger charge is -2.25. The predicted molar refractivity (Wildman–Crippen MR) is 117 cm³/mol. The highest BCUT2D eigenvalue weighted by molar-refractivity contribution is 6.39. The normalized spacial score (nSPS) is 12.9. The van der Waals surface area contributed by atoms with Crippen LogP contribution in [0.4, 0.5) is 5.69 Å². The zero-order chi connectivity index (χ0) is 21.0. The summed E-state index contributed by atoms with van der Waals surface area (Å²) in [6.45, 7) is 5.38. The molecule has 0 atom stereocenters. The van der Waals surface area contributed by atoms with Crippen LogP contribution in [-0.2, 0) is 0 Å². The van der Waals surface area contributed by atoms with Crippen molar-refractivity contribution in [3.05, 3.63) is 58.5 Å². The summed E-state index contributed by atoms with van der Waals surface area (Å²) in [6.07, 6.45) is 5.69. The molecule has 1 aromatic carbocycles. The van der Waals surface area contributed by atoms with Gasteiger partial charge in [-0.25, -0.2) is 0 Å². The maximum Gasteiger partial charge on any atom is 0.204 e. The van der Waals surface area contributed by atoms with E-state index in [1.807, 2.05) is 26.2 Å². The van der Waals surface area contributed by atoms with E-state index in [0.29, 0.717) is 45.3 Å². The van der Waals surface area contributed by atoms with Crippen LogP contribution in [0.25, 0.3) is 5.70 Å². The summed E-state index contributed by atoms with van der Waals surface area (Å²) in [4.78, 5) is 6.09. The minimum Gasteiger partial charge on any atom is -0.493 e. The molecule has 0 saturated carbocycles. The van der Waals surface area contributed by atoms with Crippen molar-refractivity contribution in [1.82, 2.24) is 9.88 Å². The Morgan fingerprint density at radius 2 is 1.93 bits per heavy atom. The average Bonchev–Trinajstić information content (AvgIpc) is 2.67. The molecular formula is C21H23Cl2N3O3. The topological polar surface area (TPSA) is 55.9 Å². The number of pyridine rings is 1. The van der Waals surface area contributed by atoms with E-state index in [1.165, 1.54) is 12.4 Å². The lowest BCUT2D eigenvalue weighted by Crippen LogP contribution is -2.16. The number of methoxy groups -OCH3 is 1. The largest absolute Gasteiger partial charge is 0.493 e. The van der Waals surface area contributed by atoms with Crippen molar-refractivity contribution in [3.8, 4) is 17.2 Å². The lowest BCUT2D eigenvalue weighted by molar-refractivity contribution is 0.256. The number of rotatable bonds is 8. The molecule has 0 fully saturated rings. The van der Waals surface area contributed by atoms with Crippen molar-refractivity contribution >= 4 is 34.6 Å². The van der Waals surface area contributed by atoms with Gasteiger partial charge in [0, 0.05) is 30.6 Å². The number of halogens is 2. The van der Waals surface area contributed by atoms with Crippen LogP contribution in [0.3, 0.4) is 0 Å². The number of aromatic nitrogens is 1. The molecule has 0 aliphatic carbocycles. The zero-order valence-electron chi connectivity index (χ0n) is 16.6. The number of benzene rings is 1. The van der Waals surface area contributed by atoms with Crippen LogP contribution in [0.15, 0.2) is 42.9 Å². The molecule has 0 amide bonds. The molecule has 1 N–H and O–H groups in total. The van der Waals surface area contributed by atoms with E-state index in [2.05, 4.69) is 21.8 Å². The van der Waals surface area contributed by atoms with Gasteiger partial charge in [-0.3, -0.25) is 4.98 Å². The van der Waals surface area contributed by atoms with Crippen LogP contribution in [0, 0.1) is 0 Å². The molecule has 3 rings (SSSR count). The number of nitrogens with zero attached hydrogens (tertiary/aromatic N) is 2. The third kappa shape index (κ3) is 4.96. The van der Waals surface area contributed by atoms with Gasteiger partial charge in [-0.2, -0.15) is 0 Å². The summed E-state index contributed by atoms with van der Waals surface area (Å²) in [6, 6.07) is 3.72. The molecule has 0 spiro atoms. The van der Waals surface area contributed by atoms with Crippen LogP contribution in [0.2, 0.25) is 10.0 Å². The minimum atomic E-state index is 0.408. The van der Waals surface area contributed by atoms with Crippen LogP contribution in [0.5, 0.6) is 17.2 Å². The van der Waals surface area contributed by atoms with E-state index in [-0.39, 0.29) is 0 Å². The van der Waals surface area contributed by atoms with Crippen molar-refractivity contribution in [1.29, 1.82) is 0 Å². The van der Waals surface area contributed by atoms with E-state index in [1.54, 1.807) is 13.2 Å². The maximum absolute atomic E-state index is 6.26. The fraction of sp³-hybridized carbons (Fsp3) is 0.286. The first-order valence-corrected chi connectivity index (χ1v) is 9.79. The molecule has 0 unspecified atom stereocenters. The van der Waals surface area contributed by atoms with E-state index < -0.39 is 0 Å². The smallest absolute Gasteiger partial charge is 0.204 e. The second kappa shape index (κ2) is 9.39. The first-order chi connectivity index (χ1) is 13.9. The Kier molecular flexibility index (Phi) is 6.90. The number of fused-ring (bicyclic) bond motifs is 1. The summed E-state index contributed by atoms with van der Waals surface area (Å²) in [5, 5.41) is 4.08. The van der Waals surface area contributed by atoms with Gasteiger partial charge in [0.2, 0.25) is 5.75 Å². The number of hydrogen-bond acceptors (Lipinski definition) is 6. The molecule has 2 aromatic rings. The van der Waals surface area contributed by atoms with Gasteiger partial charge < -0.3 is 24.4 Å². The number of anilines is 1. The van der Waals surface area contributed by atoms with E-state index in [4.69, 9.17) is 37.4 Å². The zero-order valence-corrected chi connectivity index (χ0v) is 18.1. The summed E-state index contributed by atoms with van der Waals surface area (Å²) in [5.41, 5.74) is 2.07. The van der Waals surface area contributed by atoms with Crippen LogP contribution in [-0.4, -0.2) is 44.2 Å². The van der Waals surface area contributed by atoms with Crippen LogP contribution >= 0.6 is 23.2 Å². The summed E-state index contributed by atoms with van der Waals surface area (Å²) >= 11 is 12.5. The summed E-state index contributed by atoms with van der Waals surface area (Å²) in [7, 11) is 5.64.